The minimum Gasteiger partial charge on any atom is -0.377 e. The summed E-state index contributed by atoms with van der Waals surface area (Å²) in [5, 5.41) is 3.21. The molecular formula is C19H32N4O3S. The molecule has 1 saturated heterocycles. The van der Waals surface area contributed by atoms with Crippen molar-refractivity contribution < 1.29 is 13.2 Å². The Morgan fingerprint density at radius 1 is 1.30 bits per heavy atom. The van der Waals surface area contributed by atoms with Crippen LogP contribution in [0, 0.1) is 0 Å². The lowest BCUT2D eigenvalue weighted by atomic mass is 10.1. The maximum Gasteiger partial charge on any atom is 0.213 e. The largest absolute Gasteiger partial charge is 0.377 e. The standard InChI is InChI=1S/C19H32N4O3S/c1-3-20-19(23(2)16-17-9-5-4-6-10-17)21-12-14-27(24,25)22-15-18-11-7-8-13-26-18/h4-6,9-10,18,22H,3,7-8,11-16H2,1-2H3,(H,20,21). The van der Waals surface area contributed by atoms with Gasteiger partial charge in [0.05, 0.1) is 18.4 Å². The van der Waals surface area contributed by atoms with Gasteiger partial charge in [-0.1, -0.05) is 30.3 Å². The number of rotatable bonds is 9. The Hall–Kier alpha value is -1.64. The number of nitrogens with zero attached hydrogens (tertiary/aromatic N) is 2. The predicted octanol–water partition coefficient (Wildman–Crippen LogP) is 1.57. The summed E-state index contributed by atoms with van der Waals surface area (Å²) < 4.78 is 32.6. The normalized spacial score (nSPS) is 18.3. The Morgan fingerprint density at radius 3 is 2.74 bits per heavy atom. The molecule has 1 heterocycles. The van der Waals surface area contributed by atoms with E-state index in [1.807, 2.05) is 37.1 Å². The number of sulfonamides is 1. The van der Waals surface area contributed by atoms with Gasteiger partial charge in [0.1, 0.15) is 0 Å². The lowest BCUT2D eigenvalue weighted by molar-refractivity contribution is 0.0200. The summed E-state index contributed by atoms with van der Waals surface area (Å²) in [5.74, 6) is 0.667. The summed E-state index contributed by atoms with van der Waals surface area (Å²) in [5.41, 5.74) is 1.17. The molecule has 1 unspecified atom stereocenters. The van der Waals surface area contributed by atoms with E-state index in [1.165, 1.54) is 5.56 Å². The molecule has 1 aliphatic rings. The van der Waals surface area contributed by atoms with Crippen LogP contribution in [0.5, 0.6) is 0 Å². The van der Waals surface area contributed by atoms with Crippen LogP contribution >= 0.6 is 0 Å². The SMILES string of the molecule is CCNC(=NCCS(=O)(=O)NCC1CCCCO1)N(C)Cc1ccccc1. The van der Waals surface area contributed by atoms with Crippen LogP contribution in [0.15, 0.2) is 35.3 Å². The first-order valence-corrected chi connectivity index (χ1v) is 11.3. The Morgan fingerprint density at radius 2 is 2.07 bits per heavy atom. The molecule has 1 aliphatic heterocycles. The van der Waals surface area contributed by atoms with Crippen LogP contribution in [0.1, 0.15) is 31.7 Å². The van der Waals surface area contributed by atoms with Crippen molar-refractivity contribution in [1.82, 2.24) is 14.9 Å². The smallest absolute Gasteiger partial charge is 0.213 e. The lowest BCUT2D eigenvalue weighted by Crippen LogP contribution is -2.39. The first kappa shape index (κ1) is 21.7. The molecule has 0 saturated carbocycles. The summed E-state index contributed by atoms with van der Waals surface area (Å²) >= 11 is 0. The highest BCUT2D eigenvalue weighted by Gasteiger charge is 2.17. The van der Waals surface area contributed by atoms with Crippen molar-refractivity contribution in [2.75, 3.05) is 39.0 Å². The fraction of sp³-hybridized carbons (Fsp3) is 0.632. The van der Waals surface area contributed by atoms with Gasteiger partial charge in [0.25, 0.3) is 0 Å². The van der Waals surface area contributed by atoms with Gasteiger partial charge in [-0.3, -0.25) is 4.99 Å². The van der Waals surface area contributed by atoms with Crippen LogP contribution < -0.4 is 10.0 Å². The average Bonchev–Trinajstić information content (AvgIpc) is 2.67. The van der Waals surface area contributed by atoms with Gasteiger partial charge in [0, 0.05) is 33.3 Å². The number of aliphatic imine (C=N–C) groups is 1. The van der Waals surface area contributed by atoms with Gasteiger partial charge in [-0.25, -0.2) is 13.1 Å². The van der Waals surface area contributed by atoms with Gasteiger partial charge in [-0.2, -0.15) is 0 Å². The van der Waals surface area contributed by atoms with Crippen LogP contribution in [0.25, 0.3) is 0 Å². The Balaban J connectivity index is 1.83. The number of benzene rings is 1. The van der Waals surface area contributed by atoms with E-state index in [1.54, 1.807) is 0 Å². The molecule has 0 aromatic heterocycles. The first-order valence-electron chi connectivity index (χ1n) is 9.62. The van der Waals surface area contributed by atoms with Crippen LogP contribution in [-0.2, 0) is 21.3 Å². The molecule has 0 bridgehead atoms. The highest BCUT2D eigenvalue weighted by Crippen LogP contribution is 2.11. The van der Waals surface area contributed by atoms with E-state index < -0.39 is 10.0 Å². The van der Waals surface area contributed by atoms with Crippen molar-refractivity contribution in [2.45, 2.75) is 38.8 Å². The minimum atomic E-state index is -3.36. The number of hydrogen-bond acceptors (Lipinski definition) is 4. The van der Waals surface area contributed by atoms with Crippen molar-refractivity contribution in [3.05, 3.63) is 35.9 Å². The second-order valence-corrected chi connectivity index (χ2v) is 8.66. The fourth-order valence-electron chi connectivity index (χ4n) is 2.93. The van der Waals surface area contributed by atoms with Crippen molar-refractivity contribution in [2.24, 2.45) is 4.99 Å². The molecule has 1 atom stereocenters. The Bertz CT molecular complexity index is 673. The molecule has 152 valence electrons. The van der Waals surface area contributed by atoms with E-state index >= 15 is 0 Å². The fourth-order valence-corrected chi connectivity index (χ4v) is 3.85. The molecule has 2 N–H and O–H groups in total. The molecule has 0 amide bonds. The van der Waals surface area contributed by atoms with E-state index in [0.717, 1.165) is 32.4 Å². The highest BCUT2D eigenvalue weighted by molar-refractivity contribution is 7.89. The number of ether oxygens (including phenoxy) is 1. The highest BCUT2D eigenvalue weighted by atomic mass is 32.2. The zero-order valence-corrected chi connectivity index (χ0v) is 17.2. The maximum atomic E-state index is 12.2. The van der Waals surface area contributed by atoms with Crippen molar-refractivity contribution >= 4 is 16.0 Å². The summed E-state index contributed by atoms with van der Waals surface area (Å²) in [6.07, 6.45) is 3.06. The van der Waals surface area contributed by atoms with E-state index in [9.17, 15) is 8.42 Å². The molecule has 0 aliphatic carbocycles. The third kappa shape index (κ3) is 8.28. The second kappa shape index (κ2) is 11.3. The molecular weight excluding hydrogens is 364 g/mol. The van der Waals surface area contributed by atoms with Gasteiger partial charge in [-0.05, 0) is 31.7 Å². The molecule has 7 nitrogen and oxygen atoms in total. The molecule has 1 aromatic rings. The predicted molar refractivity (Wildman–Crippen MR) is 109 cm³/mol. The van der Waals surface area contributed by atoms with Crippen LogP contribution in [0.4, 0.5) is 0 Å². The molecule has 0 spiro atoms. The molecule has 27 heavy (non-hydrogen) atoms. The summed E-state index contributed by atoms with van der Waals surface area (Å²) in [6.45, 7) is 4.70. The first-order chi connectivity index (χ1) is 13.0. The molecule has 1 aromatic carbocycles. The van der Waals surface area contributed by atoms with Crippen molar-refractivity contribution in [3.8, 4) is 0 Å². The van der Waals surface area contributed by atoms with Gasteiger partial charge < -0.3 is 15.0 Å². The summed E-state index contributed by atoms with van der Waals surface area (Å²) in [7, 11) is -1.41. The van der Waals surface area contributed by atoms with E-state index in [4.69, 9.17) is 4.74 Å². The Kier molecular flexibility index (Phi) is 9.03. The zero-order valence-electron chi connectivity index (χ0n) is 16.4. The quantitative estimate of drug-likeness (QED) is 0.489. The minimum absolute atomic E-state index is 0.00801. The lowest BCUT2D eigenvalue weighted by Gasteiger charge is -2.23. The van der Waals surface area contributed by atoms with E-state index in [-0.39, 0.29) is 18.4 Å². The average molecular weight is 397 g/mol. The third-order valence-electron chi connectivity index (χ3n) is 4.39. The van der Waals surface area contributed by atoms with E-state index in [0.29, 0.717) is 19.0 Å². The van der Waals surface area contributed by atoms with Crippen LogP contribution in [0.3, 0.4) is 0 Å². The Labute approximate surface area is 163 Å². The van der Waals surface area contributed by atoms with Gasteiger partial charge in [-0.15, -0.1) is 0 Å². The number of nitrogens with one attached hydrogen (secondary N) is 2. The number of guanidine groups is 1. The van der Waals surface area contributed by atoms with E-state index in [2.05, 4.69) is 27.2 Å². The maximum absolute atomic E-state index is 12.2. The zero-order chi connectivity index (χ0) is 19.5. The van der Waals surface area contributed by atoms with Crippen molar-refractivity contribution in [1.29, 1.82) is 0 Å². The molecule has 1 fully saturated rings. The molecule has 8 heteroatoms. The topological polar surface area (TPSA) is 83.0 Å². The summed E-state index contributed by atoms with van der Waals surface area (Å²) in [4.78, 5) is 6.47. The van der Waals surface area contributed by atoms with Crippen molar-refractivity contribution in [3.63, 3.8) is 0 Å². The molecule has 2 rings (SSSR count). The van der Waals surface area contributed by atoms with Gasteiger partial charge >= 0.3 is 0 Å². The summed E-state index contributed by atoms with van der Waals surface area (Å²) in [6, 6.07) is 10.1. The second-order valence-electron chi connectivity index (χ2n) is 6.73. The van der Waals surface area contributed by atoms with Gasteiger partial charge in [0.15, 0.2) is 5.96 Å². The monoisotopic (exact) mass is 396 g/mol. The number of hydrogen-bond donors (Lipinski definition) is 2. The van der Waals surface area contributed by atoms with Gasteiger partial charge in [0.2, 0.25) is 10.0 Å². The van der Waals surface area contributed by atoms with Crippen LogP contribution in [-0.4, -0.2) is 64.4 Å². The third-order valence-corrected chi connectivity index (χ3v) is 5.71. The van der Waals surface area contributed by atoms with Crippen LogP contribution in [0.2, 0.25) is 0 Å². The molecule has 0 radical (unpaired) electrons.